The summed E-state index contributed by atoms with van der Waals surface area (Å²) in [5.41, 5.74) is 5.67. The number of benzene rings is 1. The molecular formula is C8H5BrN2O2S. The molecule has 0 fully saturated rings. The highest BCUT2D eigenvalue weighted by Crippen LogP contribution is 2.35. The zero-order chi connectivity index (χ0) is 10.3. The van der Waals surface area contributed by atoms with E-state index < -0.39 is 4.92 Å². The quantitative estimate of drug-likeness (QED) is 0.641. The Kier molecular flexibility index (Phi) is 2.16. The first-order valence-corrected chi connectivity index (χ1v) is 5.32. The van der Waals surface area contributed by atoms with Crippen molar-refractivity contribution in [1.82, 2.24) is 0 Å². The maximum atomic E-state index is 10.6. The van der Waals surface area contributed by atoms with Crippen LogP contribution < -0.4 is 5.73 Å². The fraction of sp³-hybridized carbons (Fsp3) is 0. The van der Waals surface area contributed by atoms with Crippen molar-refractivity contribution in [3.05, 3.63) is 32.8 Å². The smallest absolute Gasteiger partial charge is 0.284 e. The predicted molar refractivity (Wildman–Crippen MR) is 60.6 cm³/mol. The molecular weight excluding hydrogens is 268 g/mol. The number of anilines is 1. The van der Waals surface area contributed by atoms with E-state index in [0.29, 0.717) is 9.47 Å². The number of nitrogens with zero attached hydrogens (tertiary/aromatic N) is 1. The Morgan fingerprint density at radius 1 is 1.43 bits per heavy atom. The standard InChI is InChI=1S/C8H5BrN2O2S/c9-5-3-7-4(2-8(10)14-7)1-6(5)11(12)13/h1-3H,10H2. The minimum Gasteiger partial charge on any atom is -0.391 e. The lowest BCUT2D eigenvalue weighted by atomic mass is 10.2. The molecule has 6 heteroatoms. The van der Waals surface area contributed by atoms with Crippen molar-refractivity contribution in [2.45, 2.75) is 0 Å². The first kappa shape index (κ1) is 9.42. The van der Waals surface area contributed by atoms with Crippen LogP contribution >= 0.6 is 27.3 Å². The van der Waals surface area contributed by atoms with Gasteiger partial charge < -0.3 is 5.73 Å². The summed E-state index contributed by atoms with van der Waals surface area (Å²) < 4.78 is 1.43. The van der Waals surface area contributed by atoms with Gasteiger partial charge in [0.05, 0.1) is 14.4 Å². The van der Waals surface area contributed by atoms with E-state index in [-0.39, 0.29) is 5.69 Å². The summed E-state index contributed by atoms with van der Waals surface area (Å²) in [6.07, 6.45) is 0. The van der Waals surface area contributed by atoms with Crippen molar-refractivity contribution in [2.24, 2.45) is 0 Å². The zero-order valence-corrected chi connectivity index (χ0v) is 9.26. The molecule has 0 aliphatic carbocycles. The number of nitrogen functional groups attached to an aromatic ring is 1. The van der Waals surface area contributed by atoms with E-state index >= 15 is 0 Å². The Hall–Kier alpha value is -1.14. The van der Waals surface area contributed by atoms with E-state index in [2.05, 4.69) is 15.9 Å². The highest BCUT2D eigenvalue weighted by Gasteiger charge is 2.13. The van der Waals surface area contributed by atoms with Crippen molar-refractivity contribution in [1.29, 1.82) is 0 Å². The van der Waals surface area contributed by atoms with E-state index in [9.17, 15) is 10.1 Å². The lowest BCUT2D eigenvalue weighted by Gasteiger charge is -1.94. The molecule has 2 rings (SSSR count). The average Bonchev–Trinajstić information content (AvgIpc) is 2.42. The largest absolute Gasteiger partial charge is 0.391 e. The fourth-order valence-electron chi connectivity index (χ4n) is 1.21. The molecule has 0 saturated carbocycles. The van der Waals surface area contributed by atoms with Gasteiger partial charge in [0.1, 0.15) is 0 Å². The van der Waals surface area contributed by atoms with Gasteiger partial charge in [-0.05, 0) is 28.1 Å². The number of halogens is 1. The van der Waals surface area contributed by atoms with Crippen LogP contribution in [0, 0.1) is 10.1 Å². The minimum atomic E-state index is -0.419. The highest BCUT2D eigenvalue weighted by atomic mass is 79.9. The van der Waals surface area contributed by atoms with Crippen molar-refractivity contribution >= 4 is 48.0 Å². The molecule has 1 heterocycles. The van der Waals surface area contributed by atoms with Crippen LogP contribution in [0.25, 0.3) is 10.1 Å². The number of rotatable bonds is 1. The SMILES string of the molecule is Nc1cc2cc([N+](=O)[O-])c(Br)cc2s1. The Morgan fingerprint density at radius 3 is 2.79 bits per heavy atom. The summed E-state index contributed by atoms with van der Waals surface area (Å²) in [5.74, 6) is 0. The second kappa shape index (κ2) is 3.21. The highest BCUT2D eigenvalue weighted by molar-refractivity contribution is 9.10. The van der Waals surface area contributed by atoms with Gasteiger partial charge >= 0.3 is 0 Å². The Bertz CT molecular complexity index is 523. The van der Waals surface area contributed by atoms with Gasteiger partial charge in [-0.15, -0.1) is 11.3 Å². The Morgan fingerprint density at radius 2 is 2.14 bits per heavy atom. The molecule has 0 radical (unpaired) electrons. The third-order valence-electron chi connectivity index (χ3n) is 1.80. The molecule has 2 N–H and O–H groups in total. The van der Waals surface area contributed by atoms with Crippen LogP contribution in [-0.2, 0) is 0 Å². The summed E-state index contributed by atoms with van der Waals surface area (Å²) >= 11 is 4.56. The number of nitro benzene ring substituents is 1. The maximum Gasteiger partial charge on any atom is 0.284 e. The first-order chi connectivity index (χ1) is 6.58. The van der Waals surface area contributed by atoms with Crippen LogP contribution in [-0.4, -0.2) is 4.92 Å². The number of hydrogen-bond donors (Lipinski definition) is 1. The van der Waals surface area contributed by atoms with E-state index in [1.165, 1.54) is 17.4 Å². The van der Waals surface area contributed by atoms with Gasteiger partial charge in [-0.3, -0.25) is 10.1 Å². The lowest BCUT2D eigenvalue weighted by molar-refractivity contribution is -0.385. The Balaban J connectivity index is 2.76. The third kappa shape index (κ3) is 1.46. The van der Waals surface area contributed by atoms with Gasteiger partial charge in [-0.25, -0.2) is 0 Å². The van der Waals surface area contributed by atoms with Gasteiger partial charge in [0.15, 0.2) is 0 Å². The van der Waals surface area contributed by atoms with Gasteiger partial charge in [-0.1, -0.05) is 0 Å². The molecule has 4 nitrogen and oxygen atoms in total. The maximum absolute atomic E-state index is 10.6. The van der Waals surface area contributed by atoms with Crippen LogP contribution in [0.3, 0.4) is 0 Å². The van der Waals surface area contributed by atoms with Gasteiger partial charge in [0.25, 0.3) is 5.69 Å². The predicted octanol–water partition coefficient (Wildman–Crippen LogP) is 3.15. The molecule has 14 heavy (non-hydrogen) atoms. The Labute approximate surface area is 91.6 Å². The zero-order valence-electron chi connectivity index (χ0n) is 6.86. The molecule has 0 amide bonds. The number of fused-ring (bicyclic) bond motifs is 1. The third-order valence-corrected chi connectivity index (χ3v) is 3.36. The van der Waals surface area contributed by atoms with Crippen LogP contribution in [0.5, 0.6) is 0 Å². The van der Waals surface area contributed by atoms with Gasteiger partial charge in [0.2, 0.25) is 0 Å². The van der Waals surface area contributed by atoms with Crippen molar-refractivity contribution in [3.63, 3.8) is 0 Å². The molecule has 0 aliphatic rings. The summed E-state index contributed by atoms with van der Waals surface area (Å²) in [5, 5.41) is 12.1. The molecule has 1 aromatic carbocycles. The van der Waals surface area contributed by atoms with Crippen LogP contribution in [0.4, 0.5) is 10.7 Å². The first-order valence-electron chi connectivity index (χ1n) is 3.71. The summed E-state index contributed by atoms with van der Waals surface area (Å²) in [6.45, 7) is 0. The molecule has 0 spiro atoms. The number of thiophene rings is 1. The molecule has 2 aromatic rings. The summed E-state index contributed by atoms with van der Waals surface area (Å²) in [6, 6.07) is 4.97. The number of hydrogen-bond acceptors (Lipinski definition) is 4. The monoisotopic (exact) mass is 272 g/mol. The van der Waals surface area contributed by atoms with E-state index in [0.717, 1.165) is 10.1 Å². The molecule has 1 aromatic heterocycles. The minimum absolute atomic E-state index is 0.0651. The van der Waals surface area contributed by atoms with Crippen LogP contribution in [0.15, 0.2) is 22.7 Å². The molecule has 0 saturated heterocycles. The van der Waals surface area contributed by atoms with E-state index in [1.54, 1.807) is 12.1 Å². The second-order valence-electron chi connectivity index (χ2n) is 2.75. The van der Waals surface area contributed by atoms with Gasteiger partial charge in [0, 0.05) is 16.2 Å². The van der Waals surface area contributed by atoms with Crippen molar-refractivity contribution in [2.75, 3.05) is 5.73 Å². The average molecular weight is 273 g/mol. The topological polar surface area (TPSA) is 69.2 Å². The van der Waals surface area contributed by atoms with E-state index in [4.69, 9.17) is 5.73 Å². The molecule has 0 bridgehead atoms. The number of nitro groups is 1. The second-order valence-corrected chi connectivity index (χ2v) is 4.72. The molecule has 72 valence electrons. The van der Waals surface area contributed by atoms with E-state index in [1.807, 2.05) is 0 Å². The van der Waals surface area contributed by atoms with Crippen molar-refractivity contribution < 1.29 is 4.92 Å². The van der Waals surface area contributed by atoms with Crippen LogP contribution in [0.1, 0.15) is 0 Å². The molecule has 0 unspecified atom stereocenters. The molecule has 0 aliphatic heterocycles. The summed E-state index contributed by atoms with van der Waals surface area (Å²) in [7, 11) is 0. The normalized spacial score (nSPS) is 10.6. The van der Waals surface area contributed by atoms with Gasteiger partial charge in [-0.2, -0.15) is 0 Å². The fourth-order valence-corrected chi connectivity index (χ4v) is 2.70. The molecule has 0 atom stereocenters. The number of nitrogens with two attached hydrogens (primary N) is 1. The van der Waals surface area contributed by atoms with Crippen molar-refractivity contribution in [3.8, 4) is 0 Å². The lowest BCUT2D eigenvalue weighted by Crippen LogP contribution is -1.88. The van der Waals surface area contributed by atoms with Crippen LogP contribution in [0.2, 0.25) is 0 Å². The summed E-state index contributed by atoms with van der Waals surface area (Å²) in [4.78, 5) is 10.2.